The van der Waals surface area contributed by atoms with Crippen molar-refractivity contribution in [1.29, 1.82) is 0 Å². The summed E-state index contributed by atoms with van der Waals surface area (Å²) in [6.07, 6.45) is 9.53. The Balaban J connectivity index is 1.88. The minimum Gasteiger partial charge on any atom is -0.465 e. The molecule has 0 saturated heterocycles. The van der Waals surface area contributed by atoms with Crippen molar-refractivity contribution in [2.45, 2.75) is 39.0 Å². The number of benzene rings is 1. The average Bonchev–Trinajstić information content (AvgIpc) is 2.92. The van der Waals surface area contributed by atoms with E-state index in [9.17, 15) is 9.59 Å². The Morgan fingerprint density at radius 1 is 1.26 bits per heavy atom. The smallest absolute Gasteiger partial charge is 0.340 e. The molecule has 2 aliphatic rings. The molecule has 1 heterocycles. The van der Waals surface area contributed by atoms with Gasteiger partial charge in [-0.3, -0.25) is 4.79 Å². The SMILES string of the molecule is COC(=O)C1=C(C)N(CCC2=CCCCC2)C(=O)/C1=C\c1ccc(Cl)cc1. The molecule has 1 aromatic rings. The zero-order valence-corrected chi connectivity index (χ0v) is 16.5. The van der Waals surface area contributed by atoms with Crippen LogP contribution in [0.5, 0.6) is 0 Å². The van der Waals surface area contributed by atoms with E-state index in [1.807, 2.05) is 19.1 Å². The summed E-state index contributed by atoms with van der Waals surface area (Å²) in [6, 6.07) is 7.16. The van der Waals surface area contributed by atoms with Crippen LogP contribution < -0.4 is 0 Å². The van der Waals surface area contributed by atoms with E-state index < -0.39 is 5.97 Å². The molecule has 1 aliphatic carbocycles. The predicted molar refractivity (Wildman–Crippen MR) is 107 cm³/mol. The number of carbonyl (C=O) groups is 2. The molecule has 142 valence electrons. The Hall–Kier alpha value is -2.33. The maximum atomic E-state index is 13.1. The van der Waals surface area contributed by atoms with Gasteiger partial charge in [-0.05, 0) is 62.8 Å². The number of hydrogen-bond donors (Lipinski definition) is 0. The van der Waals surface area contributed by atoms with Crippen molar-refractivity contribution >= 4 is 29.6 Å². The number of rotatable bonds is 5. The van der Waals surface area contributed by atoms with Gasteiger partial charge in [0, 0.05) is 17.3 Å². The molecule has 0 aromatic heterocycles. The van der Waals surface area contributed by atoms with E-state index in [4.69, 9.17) is 16.3 Å². The van der Waals surface area contributed by atoms with Crippen LogP contribution in [-0.2, 0) is 14.3 Å². The minimum atomic E-state index is -0.486. The van der Waals surface area contributed by atoms with Gasteiger partial charge in [-0.15, -0.1) is 0 Å². The fraction of sp³-hybridized carbons (Fsp3) is 0.364. The van der Waals surface area contributed by atoms with Crippen LogP contribution in [0, 0.1) is 0 Å². The average molecular weight is 386 g/mol. The molecule has 1 aromatic carbocycles. The summed E-state index contributed by atoms with van der Waals surface area (Å²) in [7, 11) is 1.34. The topological polar surface area (TPSA) is 46.6 Å². The highest BCUT2D eigenvalue weighted by atomic mass is 35.5. The highest BCUT2D eigenvalue weighted by Gasteiger charge is 2.36. The minimum absolute atomic E-state index is 0.153. The van der Waals surface area contributed by atoms with Gasteiger partial charge in [-0.2, -0.15) is 0 Å². The third-order valence-corrected chi connectivity index (χ3v) is 5.38. The standard InChI is InChI=1S/C22H24ClNO3/c1-15-20(22(26)27-2)19(14-17-8-10-18(23)11-9-17)21(25)24(15)13-12-16-6-4-3-5-7-16/h6,8-11,14H,3-5,7,12-13H2,1-2H3/b19-14-. The lowest BCUT2D eigenvalue weighted by Crippen LogP contribution is -2.26. The highest BCUT2D eigenvalue weighted by Crippen LogP contribution is 2.32. The molecule has 0 atom stereocenters. The third kappa shape index (κ3) is 4.33. The second-order valence-electron chi connectivity index (χ2n) is 6.88. The van der Waals surface area contributed by atoms with E-state index in [2.05, 4.69) is 6.08 Å². The second-order valence-corrected chi connectivity index (χ2v) is 7.31. The zero-order chi connectivity index (χ0) is 19.4. The van der Waals surface area contributed by atoms with Gasteiger partial charge in [0.25, 0.3) is 5.91 Å². The lowest BCUT2D eigenvalue weighted by atomic mass is 9.97. The van der Waals surface area contributed by atoms with Crippen LogP contribution in [0.25, 0.3) is 6.08 Å². The largest absolute Gasteiger partial charge is 0.465 e. The Morgan fingerprint density at radius 3 is 2.63 bits per heavy atom. The molecule has 0 bridgehead atoms. The summed E-state index contributed by atoms with van der Waals surface area (Å²) in [5.41, 5.74) is 3.59. The Labute approximate surface area is 165 Å². The van der Waals surface area contributed by atoms with Crippen LogP contribution in [0.3, 0.4) is 0 Å². The Bertz CT molecular complexity index is 834. The van der Waals surface area contributed by atoms with E-state index in [1.54, 1.807) is 23.1 Å². The van der Waals surface area contributed by atoms with Crippen LogP contribution in [-0.4, -0.2) is 30.4 Å². The molecule has 0 saturated carbocycles. The van der Waals surface area contributed by atoms with Crippen LogP contribution in [0.1, 0.15) is 44.6 Å². The van der Waals surface area contributed by atoms with Crippen molar-refractivity contribution < 1.29 is 14.3 Å². The number of allylic oxidation sites excluding steroid dienone is 2. The van der Waals surface area contributed by atoms with Gasteiger partial charge < -0.3 is 9.64 Å². The summed E-state index contributed by atoms with van der Waals surface area (Å²) in [6.45, 7) is 2.39. The van der Waals surface area contributed by atoms with Gasteiger partial charge >= 0.3 is 5.97 Å². The summed E-state index contributed by atoms with van der Waals surface area (Å²) in [5.74, 6) is -0.639. The number of methoxy groups -OCH3 is 1. The van der Waals surface area contributed by atoms with E-state index in [0.29, 0.717) is 28.4 Å². The molecule has 0 spiro atoms. The first-order chi connectivity index (χ1) is 13.0. The zero-order valence-electron chi connectivity index (χ0n) is 15.8. The summed E-state index contributed by atoms with van der Waals surface area (Å²) in [4.78, 5) is 27.1. The number of ether oxygens (including phenoxy) is 1. The normalized spacial score (nSPS) is 18.9. The Kier molecular flexibility index (Phi) is 6.17. The first-order valence-electron chi connectivity index (χ1n) is 9.28. The van der Waals surface area contributed by atoms with E-state index in [0.717, 1.165) is 24.8 Å². The predicted octanol–water partition coefficient (Wildman–Crippen LogP) is 4.90. The van der Waals surface area contributed by atoms with Crippen LogP contribution in [0.2, 0.25) is 5.02 Å². The van der Waals surface area contributed by atoms with Crippen LogP contribution in [0.15, 0.2) is 52.8 Å². The molecule has 27 heavy (non-hydrogen) atoms. The number of amides is 1. The van der Waals surface area contributed by atoms with Gasteiger partial charge in [0.2, 0.25) is 0 Å². The first kappa shape index (κ1) is 19.4. The monoisotopic (exact) mass is 385 g/mol. The number of halogens is 1. The first-order valence-corrected chi connectivity index (χ1v) is 9.65. The number of esters is 1. The van der Waals surface area contributed by atoms with Crippen molar-refractivity contribution in [2.75, 3.05) is 13.7 Å². The van der Waals surface area contributed by atoms with Gasteiger partial charge in [0.05, 0.1) is 18.3 Å². The molecular formula is C22H24ClNO3. The number of nitrogens with zero attached hydrogens (tertiary/aromatic N) is 1. The lowest BCUT2D eigenvalue weighted by molar-refractivity contribution is -0.136. The van der Waals surface area contributed by atoms with Crippen molar-refractivity contribution in [3.63, 3.8) is 0 Å². The fourth-order valence-corrected chi connectivity index (χ4v) is 3.74. The summed E-state index contributed by atoms with van der Waals surface area (Å²) in [5, 5.41) is 0.622. The van der Waals surface area contributed by atoms with E-state index in [1.165, 1.54) is 25.5 Å². The Morgan fingerprint density at radius 2 is 2.00 bits per heavy atom. The quantitative estimate of drug-likeness (QED) is 0.411. The second kappa shape index (κ2) is 8.57. The van der Waals surface area contributed by atoms with Crippen molar-refractivity contribution in [3.05, 3.63) is 63.3 Å². The molecule has 4 nitrogen and oxygen atoms in total. The molecule has 0 unspecified atom stereocenters. The maximum absolute atomic E-state index is 13.1. The summed E-state index contributed by atoms with van der Waals surface area (Å²) >= 11 is 5.94. The maximum Gasteiger partial charge on any atom is 0.340 e. The van der Waals surface area contributed by atoms with Crippen LogP contribution in [0.4, 0.5) is 0 Å². The van der Waals surface area contributed by atoms with Gasteiger partial charge in [-0.25, -0.2) is 4.79 Å². The molecule has 0 radical (unpaired) electrons. The van der Waals surface area contributed by atoms with E-state index >= 15 is 0 Å². The molecule has 0 N–H and O–H groups in total. The van der Waals surface area contributed by atoms with Crippen molar-refractivity contribution in [2.24, 2.45) is 0 Å². The van der Waals surface area contributed by atoms with Crippen molar-refractivity contribution in [3.8, 4) is 0 Å². The summed E-state index contributed by atoms with van der Waals surface area (Å²) < 4.78 is 4.93. The molecule has 3 rings (SSSR count). The van der Waals surface area contributed by atoms with E-state index in [-0.39, 0.29) is 5.91 Å². The fourth-order valence-electron chi connectivity index (χ4n) is 3.61. The molecule has 5 heteroatoms. The van der Waals surface area contributed by atoms with Gasteiger partial charge in [-0.1, -0.05) is 35.4 Å². The third-order valence-electron chi connectivity index (χ3n) is 5.12. The molecule has 0 fully saturated rings. The number of carbonyl (C=O) groups excluding carboxylic acids is 2. The molecule has 1 amide bonds. The lowest BCUT2D eigenvalue weighted by Gasteiger charge is -2.20. The van der Waals surface area contributed by atoms with Crippen molar-refractivity contribution in [1.82, 2.24) is 4.90 Å². The number of hydrogen-bond acceptors (Lipinski definition) is 3. The molecular weight excluding hydrogens is 362 g/mol. The highest BCUT2D eigenvalue weighted by molar-refractivity contribution is 6.30. The van der Waals surface area contributed by atoms with Crippen LogP contribution >= 0.6 is 11.6 Å². The van der Waals surface area contributed by atoms with Gasteiger partial charge in [0.1, 0.15) is 0 Å². The molecule has 1 aliphatic heterocycles. The van der Waals surface area contributed by atoms with Gasteiger partial charge in [0.15, 0.2) is 0 Å².